The molecule has 0 aliphatic rings. The fourth-order valence-corrected chi connectivity index (χ4v) is 4.94. The van der Waals surface area contributed by atoms with Gasteiger partial charge in [-0.05, 0) is 74.6 Å². The van der Waals surface area contributed by atoms with Crippen molar-refractivity contribution >= 4 is 0 Å². The van der Waals surface area contributed by atoms with Crippen LogP contribution in [0.25, 0.3) is 22.8 Å². The van der Waals surface area contributed by atoms with Crippen molar-refractivity contribution in [2.75, 3.05) is 0 Å². The zero-order valence-electron chi connectivity index (χ0n) is 21.6. The van der Waals surface area contributed by atoms with Gasteiger partial charge < -0.3 is 4.57 Å². The molecular weight excluding hydrogens is 416 g/mol. The second-order valence-electron chi connectivity index (χ2n) is 9.98. The van der Waals surface area contributed by atoms with Crippen molar-refractivity contribution in [1.82, 2.24) is 9.13 Å². The number of benzene rings is 2. The minimum absolute atomic E-state index is 0.343. The summed E-state index contributed by atoms with van der Waals surface area (Å²) in [6.45, 7) is 15.5. The van der Waals surface area contributed by atoms with E-state index in [-0.39, 0.29) is 0 Å². The Labute approximate surface area is 203 Å². The van der Waals surface area contributed by atoms with Gasteiger partial charge in [-0.15, -0.1) is 0 Å². The summed E-state index contributed by atoms with van der Waals surface area (Å²) in [5.41, 5.74) is 10.5. The first kappa shape index (κ1) is 23.6. The first-order valence-electron chi connectivity index (χ1n) is 12.1. The molecule has 0 radical (unpaired) electrons. The van der Waals surface area contributed by atoms with Gasteiger partial charge in [0.25, 0.3) is 5.82 Å². The fourth-order valence-electron chi connectivity index (χ4n) is 4.94. The lowest BCUT2D eigenvalue weighted by molar-refractivity contribution is -0.659. The largest absolute Gasteiger partial charge is 0.318 e. The molecular formula is C30H35N4+. The van der Waals surface area contributed by atoms with Gasteiger partial charge in [0.05, 0.1) is 24.2 Å². The Hall–Kier alpha value is -3.58. The normalized spacial score (nSPS) is 11.4. The molecule has 2 heterocycles. The minimum atomic E-state index is 0.343. The first-order chi connectivity index (χ1) is 16.1. The van der Waals surface area contributed by atoms with E-state index in [1.165, 1.54) is 33.9 Å². The van der Waals surface area contributed by atoms with Crippen LogP contribution >= 0.6 is 0 Å². The molecule has 0 unspecified atom stereocenters. The molecule has 4 aromatic rings. The van der Waals surface area contributed by atoms with Crippen LogP contribution in [0.1, 0.15) is 73.2 Å². The third-order valence-corrected chi connectivity index (χ3v) is 6.78. The highest BCUT2D eigenvalue weighted by Crippen LogP contribution is 2.37. The standard InChI is InChI=1S/C30H35N4/c1-19(2)26-16-25(34-22(6)10-11-23(34)7)17-27(20(3)4)29(26)33-14-13-32(8)30(33)28-15-24(18-31)12-9-21(28)5/h9-17,19-20H,1-8H3/q+1. The predicted octanol–water partition coefficient (Wildman–Crippen LogP) is 6.80. The highest BCUT2D eigenvalue weighted by atomic mass is 15.1. The Morgan fingerprint density at radius 1 is 0.853 bits per heavy atom. The Balaban J connectivity index is 2.07. The predicted molar refractivity (Wildman–Crippen MR) is 139 cm³/mol. The highest BCUT2D eigenvalue weighted by Gasteiger charge is 2.28. The lowest BCUT2D eigenvalue weighted by Gasteiger charge is -2.21. The molecule has 4 heteroatoms. The van der Waals surface area contributed by atoms with Crippen molar-refractivity contribution in [2.45, 2.75) is 60.3 Å². The molecule has 0 N–H and O–H groups in total. The maximum atomic E-state index is 9.54. The molecule has 0 saturated carbocycles. The summed E-state index contributed by atoms with van der Waals surface area (Å²) in [6, 6.07) is 17.3. The van der Waals surface area contributed by atoms with E-state index in [0.29, 0.717) is 17.4 Å². The smallest absolute Gasteiger partial charge is 0.294 e. The van der Waals surface area contributed by atoms with Gasteiger partial charge in [0.15, 0.2) is 0 Å². The van der Waals surface area contributed by atoms with E-state index in [1.807, 2.05) is 18.2 Å². The summed E-state index contributed by atoms with van der Waals surface area (Å²) in [6.07, 6.45) is 4.27. The van der Waals surface area contributed by atoms with Crippen LogP contribution in [0.4, 0.5) is 0 Å². The minimum Gasteiger partial charge on any atom is -0.318 e. The Morgan fingerprint density at radius 2 is 1.44 bits per heavy atom. The number of nitrogens with zero attached hydrogens (tertiary/aromatic N) is 4. The third-order valence-electron chi connectivity index (χ3n) is 6.78. The quantitative estimate of drug-likeness (QED) is 0.307. The number of hydrogen-bond acceptors (Lipinski definition) is 1. The first-order valence-corrected chi connectivity index (χ1v) is 12.1. The summed E-state index contributed by atoms with van der Waals surface area (Å²) in [5, 5.41) is 9.54. The van der Waals surface area contributed by atoms with Gasteiger partial charge in [0.2, 0.25) is 0 Å². The molecule has 0 atom stereocenters. The maximum Gasteiger partial charge on any atom is 0.294 e. The number of nitriles is 1. The summed E-state index contributed by atoms with van der Waals surface area (Å²) in [7, 11) is 2.08. The Kier molecular flexibility index (Phi) is 6.23. The van der Waals surface area contributed by atoms with Gasteiger partial charge in [0.1, 0.15) is 18.1 Å². The van der Waals surface area contributed by atoms with Crippen molar-refractivity contribution in [3.63, 3.8) is 0 Å². The van der Waals surface area contributed by atoms with Crippen LogP contribution in [0.3, 0.4) is 0 Å². The third kappa shape index (κ3) is 3.96. The molecule has 0 aliphatic heterocycles. The lowest BCUT2D eigenvalue weighted by Crippen LogP contribution is -2.29. The molecule has 2 aromatic carbocycles. The van der Waals surface area contributed by atoms with Crippen LogP contribution in [0.5, 0.6) is 0 Å². The molecule has 0 aliphatic carbocycles. The molecule has 0 bridgehead atoms. The summed E-state index contributed by atoms with van der Waals surface area (Å²) < 4.78 is 6.83. The number of aryl methyl sites for hydroxylation is 4. The van der Waals surface area contributed by atoms with Crippen molar-refractivity contribution in [3.8, 4) is 28.8 Å². The monoisotopic (exact) mass is 451 g/mol. The van der Waals surface area contributed by atoms with Crippen molar-refractivity contribution in [2.24, 2.45) is 7.05 Å². The van der Waals surface area contributed by atoms with E-state index < -0.39 is 0 Å². The van der Waals surface area contributed by atoms with Crippen molar-refractivity contribution in [3.05, 3.63) is 88.5 Å². The van der Waals surface area contributed by atoms with E-state index in [2.05, 4.69) is 112 Å². The number of rotatable bonds is 5. The van der Waals surface area contributed by atoms with E-state index in [9.17, 15) is 5.26 Å². The highest BCUT2D eigenvalue weighted by molar-refractivity contribution is 5.66. The molecule has 2 aromatic heterocycles. The number of hydrogen-bond donors (Lipinski definition) is 0. The van der Waals surface area contributed by atoms with Crippen molar-refractivity contribution < 1.29 is 4.57 Å². The summed E-state index contributed by atoms with van der Waals surface area (Å²) in [5.74, 6) is 1.77. The topological polar surface area (TPSA) is 37.5 Å². The van der Waals surface area contributed by atoms with Crippen LogP contribution < -0.4 is 4.57 Å². The fraction of sp³-hybridized carbons (Fsp3) is 0.333. The Morgan fingerprint density at radius 3 is 1.97 bits per heavy atom. The molecule has 4 nitrogen and oxygen atoms in total. The van der Waals surface area contributed by atoms with Gasteiger partial charge in [-0.1, -0.05) is 33.8 Å². The average Bonchev–Trinajstić information content (AvgIpc) is 3.34. The molecule has 0 fully saturated rings. The second-order valence-corrected chi connectivity index (χ2v) is 9.98. The van der Waals surface area contributed by atoms with E-state index in [4.69, 9.17) is 0 Å². The van der Waals surface area contributed by atoms with Crippen LogP contribution in [0.15, 0.2) is 54.9 Å². The summed E-state index contributed by atoms with van der Waals surface area (Å²) >= 11 is 0. The molecule has 174 valence electrons. The van der Waals surface area contributed by atoms with Gasteiger partial charge in [0, 0.05) is 28.2 Å². The SMILES string of the molecule is Cc1ccc(C#N)cc1-c1n(-c2c(C(C)C)cc(-n3c(C)ccc3C)cc2C(C)C)cc[n+]1C. The lowest BCUT2D eigenvalue weighted by atomic mass is 9.91. The van der Waals surface area contributed by atoms with Crippen molar-refractivity contribution in [1.29, 1.82) is 5.26 Å². The van der Waals surface area contributed by atoms with Crippen LogP contribution in [-0.2, 0) is 7.05 Å². The van der Waals surface area contributed by atoms with Gasteiger partial charge >= 0.3 is 0 Å². The average molecular weight is 452 g/mol. The van der Waals surface area contributed by atoms with Crippen LogP contribution in [0, 0.1) is 32.1 Å². The number of aromatic nitrogens is 3. The zero-order chi connectivity index (χ0) is 24.7. The maximum absolute atomic E-state index is 9.54. The van der Waals surface area contributed by atoms with Crippen LogP contribution in [-0.4, -0.2) is 9.13 Å². The van der Waals surface area contributed by atoms with E-state index in [1.54, 1.807) is 0 Å². The Bertz CT molecular complexity index is 1360. The van der Waals surface area contributed by atoms with E-state index in [0.717, 1.165) is 17.0 Å². The molecule has 0 saturated heterocycles. The van der Waals surface area contributed by atoms with Gasteiger partial charge in [-0.2, -0.15) is 9.83 Å². The van der Waals surface area contributed by atoms with E-state index >= 15 is 0 Å². The van der Waals surface area contributed by atoms with Gasteiger partial charge in [-0.3, -0.25) is 0 Å². The molecule has 0 amide bonds. The molecule has 34 heavy (non-hydrogen) atoms. The molecule has 0 spiro atoms. The zero-order valence-corrected chi connectivity index (χ0v) is 21.6. The summed E-state index contributed by atoms with van der Waals surface area (Å²) in [4.78, 5) is 0. The number of imidazole rings is 1. The van der Waals surface area contributed by atoms with Gasteiger partial charge in [-0.25, -0.2) is 4.57 Å². The molecule has 4 rings (SSSR count). The second kappa shape index (κ2) is 8.99. The van der Waals surface area contributed by atoms with Crippen LogP contribution in [0.2, 0.25) is 0 Å².